The second kappa shape index (κ2) is 5.95. The number of halogens is 1. The number of nitrogens with one attached hydrogen (secondary N) is 1. The molecule has 1 fully saturated rings. The fourth-order valence-corrected chi connectivity index (χ4v) is 4.45. The maximum Gasteiger partial charge on any atom is 0.247 e. The molecule has 0 aromatic carbocycles. The van der Waals surface area contributed by atoms with E-state index in [1.54, 1.807) is 13.1 Å². The Kier molecular flexibility index (Phi) is 4.70. The molecule has 0 aliphatic heterocycles. The average molecular weight is 351 g/mol. The first-order chi connectivity index (χ1) is 8.98. The summed E-state index contributed by atoms with van der Waals surface area (Å²) in [6.07, 6.45) is 2.26. The smallest absolute Gasteiger partial charge is 0.247 e. The summed E-state index contributed by atoms with van der Waals surface area (Å²) in [6, 6.07) is 1.59. The Morgan fingerprint density at radius 2 is 2.21 bits per heavy atom. The molecule has 0 atom stereocenters. The van der Waals surface area contributed by atoms with Crippen LogP contribution in [0.4, 0.5) is 0 Å². The molecule has 5 nitrogen and oxygen atoms in total. The lowest BCUT2D eigenvalue weighted by Crippen LogP contribution is -2.32. The second-order valence-corrected chi connectivity index (χ2v) is 7.41. The first-order valence-electron chi connectivity index (χ1n) is 6.42. The van der Waals surface area contributed by atoms with Crippen molar-refractivity contribution in [3.05, 3.63) is 16.5 Å². The third-order valence-electron chi connectivity index (χ3n) is 3.19. The molecule has 1 aromatic rings. The van der Waals surface area contributed by atoms with Crippen molar-refractivity contribution < 1.29 is 12.8 Å². The minimum Gasteiger partial charge on any atom is -0.452 e. The molecule has 0 radical (unpaired) electrons. The van der Waals surface area contributed by atoms with E-state index in [2.05, 4.69) is 21.2 Å². The van der Waals surface area contributed by atoms with Gasteiger partial charge in [-0.3, -0.25) is 0 Å². The Labute approximate surface area is 122 Å². The summed E-state index contributed by atoms with van der Waals surface area (Å²) in [5.41, 5.74) is 0. The van der Waals surface area contributed by atoms with Crippen LogP contribution in [0.2, 0.25) is 0 Å². The molecule has 1 heterocycles. The molecular formula is C12H19BrN2O3S. The summed E-state index contributed by atoms with van der Waals surface area (Å²) in [4.78, 5) is 0.222. The molecule has 0 amide bonds. The van der Waals surface area contributed by atoms with Gasteiger partial charge < -0.3 is 9.73 Å². The predicted molar refractivity (Wildman–Crippen MR) is 76.3 cm³/mol. The van der Waals surface area contributed by atoms with E-state index in [0.717, 1.165) is 12.8 Å². The third-order valence-corrected chi connectivity index (χ3v) is 5.98. The van der Waals surface area contributed by atoms with Crippen molar-refractivity contribution in [3.8, 4) is 0 Å². The second-order valence-electron chi connectivity index (χ2n) is 4.78. The van der Waals surface area contributed by atoms with Crippen LogP contribution in [-0.4, -0.2) is 32.9 Å². The summed E-state index contributed by atoms with van der Waals surface area (Å²) in [5.74, 6) is 1.13. The Morgan fingerprint density at radius 1 is 1.53 bits per heavy atom. The lowest BCUT2D eigenvalue weighted by atomic mass is 10.4. The van der Waals surface area contributed by atoms with E-state index >= 15 is 0 Å². The van der Waals surface area contributed by atoms with E-state index < -0.39 is 10.0 Å². The van der Waals surface area contributed by atoms with Crippen LogP contribution in [0.5, 0.6) is 0 Å². The lowest BCUT2D eigenvalue weighted by molar-refractivity contribution is 0.409. The molecule has 1 aromatic heterocycles. The maximum absolute atomic E-state index is 12.6. The maximum atomic E-state index is 12.6. The molecule has 7 heteroatoms. The van der Waals surface area contributed by atoms with Gasteiger partial charge in [0.25, 0.3) is 0 Å². The van der Waals surface area contributed by atoms with Crippen LogP contribution in [-0.2, 0) is 16.6 Å². The van der Waals surface area contributed by atoms with Gasteiger partial charge in [-0.25, -0.2) is 8.42 Å². The number of nitrogens with zero attached hydrogens (tertiary/aromatic N) is 1. The molecule has 0 saturated heterocycles. The zero-order chi connectivity index (χ0) is 14.0. The molecule has 0 unspecified atom stereocenters. The van der Waals surface area contributed by atoms with E-state index in [1.165, 1.54) is 4.31 Å². The van der Waals surface area contributed by atoms with E-state index in [-0.39, 0.29) is 9.56 Å². The van der Waals surface area contributed by atoms with Gasteiger partial charge in [0.1, 0.15) is 10.7 Å². The lowest BCUT2D eigenvalue weighted by Gasteiger charge is -2.19. The SMILES string of the molecule is CCN(CC1CC1)S(=O)(=O)c1cc(CNC)oc1Br. The van der Waals surface area contributed by atoms with E-state index in [1.807, 2.05) is 6.92 Å². The molecule has 19 heavy (non-hydrogen) atoms. The van der Waals surface area contributed by atoms with Crippen LogP contribution in [0.3, 0.4) is 0 Å². The van der Waals surface area contributed by atoms with E-state index in [4.69, 9.17) is 4.42 Å². The van der Waals surface area contributed by atoms with Gasteiger partial charge in [-0.05, 0) is 41.7 Å². The normalized spacial score (nSPS) is 16.2. The first kappa shape index (κ1) is 15.0. The van der Waals surface area contributed by atoms with Gasteiger partial charge in [0, 0.05) is 19.2 Å². The summed E-state index contributed by atoms with van der Waals surface area (Å²) >= 11 is 3.20. The number of hydrogen-bond donors (Lipinski definition) is 1. The highest BCUT2D eigenvalue weighted by Gasteiger charge is 2.33. The van der Waals surface area contributed by atoms with E-state index in [0.29, 0.717) is 31.3 Å². The van der Waals surface area contributed by atoms with Crippen LogP contribution in [0.25, 0.3) is 0 Å². The van der Waals surface area contributed by atoms with Crippen molar-refractivity contribution in [2.75, 3.05) is 20.1 Å². The van der Waals surface area contributed by atoms with Gasteiger partial charge in [-0.2, -0.15) is 4.31 Å². The van der Waals surface area contributed by atoms with Crippen molar-refractivity contribution >= 4 is 26.0 Å². The first-order valence-corrected chi connectivity index (χ1v) is 8.65. The molecule has 0 bridgehead atoms. The fraction of sp³-hybridized carbons (Fsp3) is 0.667. The Balaban J connectivity index is 2.25. The van der Waals surface area contributed by atoms with Gasteiger partial charge in [0.05, 0.1) is 6.54 Å². The van der Waals surface area contributed by atoms with Crippen molar-refractivity contribution in [2.24, 2.45) is 5.92 Å². The van der Waals surface area contributed by atoms with Crippen molar-refractivity contribution in [1.82, 2.24) is 9.62 Å². The van der Waals surface area contributed by atoms with Gasteiger partial charge >= 0.3 is 0 Å². The third kappa shape index (κ3) is 3.39. The zero-order valence-electron chi connectivity index (χ0n) is 11.1. The molecule has 0 spiro atoms. The fourth-order valence-electron chi connectivity index (χ4n) is 1.96. The van der Waals surface area contributed by atoms with Crippen molar-refractivity contribution in [3.63, 3.8) is 0 Å². The largest absolute Gasteiger partial charge is 0.452 e. The van der Waals surface area contributed by atoms with Gasteiger partial charge in [0.15, 0.2) is 4.67 Å². The number of sulfonamides is 1. The highest BCUT2D eigenvalue weighted by molar-refractivity contribution is 9.10. The van der Waals surface area contributed by atoms with Crippen LogP contribution in [0.1, 0.15) is 25.5 Å². The molecule has 1 aliphatic carbocycles. The molecular weight excluding hydrogens is 332 g/mol. The van der Waals surface area contributed by atoms with Crippen molar-refractivity contribution in [2.45, 2.75) is 31.2 Å². The van der Waals surface area contributed by atoms with Gasteiger partial charge in [0.2, 0.25) is 10.0 Å². The number of hydrogen-bond acceptors (Lipinski definition) is 4. The zero-order valence-corrected chi connectivity index (χ0v) is 13.6. The van der Waals surface area contributed by atoms with Gasteiger partial charge in [-0.1, -0.05) is 6.92 Å². The van der Waals surface area contributed by atoms with Crippen LogP contribution >= 0.6 is 15.9 Å². The molecule has 108 valence electrons. The standard InChI is InChI=1S/C12H19BrN2O3S/c1-3-15(8-9-4-5-9)19(16,17)11-6-10(7-14-2)18-12(11)13/h6,9,14H,3-5,7-8H2,1-2H3. The summed E-state index contributed by atoms with van der Waals surface area (Å²) in [7, 11) is -1.68. The van der Waals surface area contributed by atoms with E-state index in [9.17, 15) is 8.42 Å². The average Bonchev–Trinajstić information content (AvgIpc) is 3.09. The Hall–Kier alpha value is -0.370. The highest BCUT2D eigenvalue weighted by Crippen LogP contribution is 2.33. The quantitative estimate of drug-likeness (QED) is 0.818. The van der Waals surface area contributed by atoms with Gasteiger partial charge in [-0.15, -0.1) is 0 Å². The Morgan fingerprint density at radius 3 is 2.74 bits per heavy atom. The van der Waals surface area contributed by atoms with Crippen LogP contribution < -0.4 is 5.32 Å². The summed E-state index contributed by atoms with van der Waals surface area (Å²) in [5, 5.41) is 2.94. The van der Waals surface area contributed by atoms with Crippen LogP contribution in [0.15, 0.2) is 20.0 Å². The summed E-state index contributed by atoms with van der Waals surface area (Å²) in [6.45, 7) is 3.46. The molecule has 1 N–H and O–H groups in total. The minimum atomic E-state index is -3.47. The minimum absolute atomic E-state index is 0.222. The number of furan rings is 1. The Bertz CT molecular complexity index is 537. The molecule has 1 aliphatic rings. The van der Waals surface area contributed by atoms with Crippen molar-refractivity contribution in [1.29, 1.82) is 0 Å². The molecule has 2 rings (SSSR count). The number of rotatable bonds is 7. The monoisotopic (exact) mass is 350 g/mol. The molecule has 1 saturated carbocycles. The summed E-state index contributed by atoms with van der Waals surface area (Å²) < 4.78 is 32.4. The topological polar surface area (TPSA) is 62.6 Å². The predicted octanol–water partition coefficient (Wildman–Crippen LogP) is 2.18. The highest BCUT2D eigenvalue weighted by atomic mass is 79.9. The van der Waals surface area contributed by atoms with Crippen LogP contribution in [0, 0.1) is 5.92 Å².